The van der Waals surface area contributed by atoms with Crippen LogP contribution in [-0.2, 0) is 16.2 Å². The van der Waals surface area contributed by atoms with Crippen molar-refractivity contribution in [3.05, 3.63) is 96.1 Å². The zero-order valence-corrected chi connectivity index (χ0v) is 22.1. The Hall–Kier alpha value is -2.72. The molecule has 3 aromatic rings. The molecular formula is C24H13Br2Cl2FN2O4. The number of urea groups is 1. The van der Waals surface area contributed by atoms with Crippen LogP contribution in [-0.4, -0.2) is 17.8 Å². The summed E-state index contributed by atoms with van der Waals surface area (Å²) in [5, 5.41) is 2.98. The van der Waals surface area contributed by atoms with Crippen molar-refractivity contribution in [2.24, 2.45) is 0 Å². The number of ether oxygens (including phenoxy) is 1. The highest BCUT2D eigenvalue weighted by molar-refractivity contribution is 9.11. The smallest absolute Gasteiger partial charge is 0.335 e. The number of rotatable bonds is 5. The molecule has 1 fully saturated rings. The van der Waals surface area contributed by atoms with Crippen molar-refractivity contribution in [1.29, 1.82) is 0 Å². The molecule has 1 heterocycles. The summed E-state index contributed by atoms with van der Waals surface area (Å²) in [6, 6.07) is 12.3. The summed E-state index contributed by atoms with van der Waals surface area (Å²) in [6.07, 6.45) is 1.35. The Kier molecular flexibility index (Phi) is 7.61. The lowest BCUT2D eigenvalue weighted by Crippen LogP contribution is -2.54. The summed E-state index contributed by atoms with van der Waals surface area (Å²) < 4.78 is 20.3. The van der Waals surface area contributed by atoms with Gasteiger partial charge in [0.05, 0.1) is 24.7 Å². The number of barbiturate groups is 1. The number of nitrogens with one attached hydrogen (secondary N) is 1. The van der Waals surface area contributed by atoms with E-state index in [9.17, 15) is 18.8 Å². The number of benzene rings is 3. The maximum absolute atomic E-state index is 13.3. The van der Waals surface area contributed by atoms with Crippen LogP contribution in [0.4, 0.5) is 14.9 Å². The van der Waals surface area contributed by atoms with E-state index in [2.05, 4.69) is 37.2 Å². The quantitative estimate of drug-likeness (QED) is 0.243. The molecule has 6 nitrogen and oxygen atoms in total. The third-order valence-electron chi connectivity index (χ3n) is 4.89. The van der Waals surface area contributed by atoms with Gasteiger partial charge in [0, 0.05) is 0 Å². The van der Waals surface area contributed by atoms with E-state index >= 15 is 0 Å². The molecule has 3 aromatic carbocycles. The van der Waals surface area contributed by atoms with E-state index in [1.165, 1.54) is 18.2 Å². The second kappa shape index (κ2) is 10.5. The second-order valence-corrected chi connectivity index (χ2v) is 9.81. The molecule has 11 heteroatoms. The number of nitrogens with zero attached hydrogens (tertiary/aromatic N) is 1. The van der Waals surface area contributed by atoms with E-state index in [0.29, 0.717) is 30.3 Å². The maximum Gasteiger partial charge on any atom is 0.335 e. The van der Waals surface area contributed by atoms with Crippen LogP contribution >= 0.6 is 55.1 Å². The van der Waals surface area contributed by atoms with E-state index in [0.717, 1.165) is 22.6 Å². The summed E-state index contributed by atoms with van der Waals surface area (Å²) in [5.41, 5.74) is 1.15. The minimum atomic E-state index is -0.919. The molecule has 0 aliphatic carbocycles. The van der Waals surface area contributed by atoms with Gasteiger partial charge in [-0.3, -0.25) is 14.9 Å². The highest BCUT2D eigenvalue weighted by atomic mass is 79.9. The average Bonchev–Trinajstić information content (AvgIpc) is 2.79. The van der Waals surface area contributed by atoms with Gasteiger partial charge in [-0.05, 0) is 97.6 Å². The number of hydrogen-bond acceptors (Lipinski definition) is 4. The molecule has 0 atom stereocenters. The molecule has 1 saturated heterocycles. The number of anilines is 1. The maximum atomic E-state index is 13.3. The molecule has 4 rings (SSSR count). The molecule has 0 aromatic heterocycles. The van der Waals surface area contributed by atoms with Gasteiger partial charge in [-0.15, -0.1) is 0 Å². The second-order valence-electron chi connectivity index (χ2n) is 7.29. The molecule has 0 radical (unpaired) electrons. The third kappa shape index (κ3) is 5.59. The summed E-state index contributed by atoms with van der Waals surface area (Å²) in [4.78, 5) is 38.5. The SMILES string of the molecule is O=C1NC(=O)N(c2ccc(F)cc2)C(=O)/C1=C/c1cc(Br)c(OCc2ccc(Cl)c(Cl)c2)c(Br)c1. The number of amides is 4. The molecule has 1 N–H and O–H groups in total. The highest BCUT2D eigenvalue weighted by Crippen LogP contribution is 2.36. The lowest BCUT2D eigenvalue weighted by atomic mass is 10.1. The van der Waals surface area contributed by atoms with Gasteiger partial charge in [-0.1, -0.05) is 29.3 Å². The molecule has 35 heavy (non-hydrogen) atoms. The zero-order chi connectivity index (χ0) is 25.3. The standard InChI is InChI=1S/C24H13Br2Cl2FN2O4/c25-17-8-13(9-18(26)21(17)35-11-12-1-6-19(27)20(28)10-12)7-16-22(32)30-24(34)31(23(16)33)15-4-2-14(29)3-5-15/h1-10H,11H2,(H,30,32,34)/b16-7+. The summed E-state index contributed by atoms with van der Waals surface area (Å²) in [6.45, 7) is 0.212. The Bertz CT molecular complexity index is 1370. The Balaban J connectivity index is 1.59. The van der Waals surface area contributed by atoms with Gasteiger partial charge in [-0.2, -0.15) is 0 Å². The first-order valence-corrected chi connectivity index (χ1v) is 12.2. The largest absolute Gasteiger partial charge is 0.487 e. The molecule has 4 amide bonds. The lowest BCUT2D eigenvalue weighted by molar-refractivity contribution is -0.122. The first-order chi connectivity index (χ1) is 16.6. The van der Waals surface area contributed by atoms with E-state index in [4.69, 9.17) is 27.9 Å². The monoisotopic (exact) mass is 640 g/mol. The Morgan fingerprint density at radius 2 is 1.60 bits per heavy atom. The van der Waals surface area contributed by atoms with Crippen LogP contribution in [0, 0.1) is 5.82 Å². The van der Waals surface area contributed by atoms with Crippen molar-refractivity contribution in [3.8, 4) is 5.75 Å². The van der Waals surface area contributed by atoms with Crippen LogP contribution in [0.1, 0.15) is 11.1 Å². The minimum Gasteiger partial charge on any atom is -0.487 e. The van der Waals surface area contributed by atoms with Crippen molar-refractivity contribution >= 4 is 84.7 Å². The van der Waals surface area contributed by atoms with E-state index in [-0.39, 0.29) is 17.9 Å². The normalized spacial score (nSPS) is 14.9. The Labute approximate surface area is 225 Å². The van der Waals surface area contributed by atoms with Crippen molar-refractivity contribution in [2.75, 3.05) is 4.90 Å². The van der Waals surface area contributed by atoms with Crippen LogP contribution < -0.4 is 15.0 Å². The van der Waals surface area contributed by atoms with E-state index in [1.807, 2.05) is 0 Å². The van der Waals surface area contributed by atoms with Crippen LogP contribution in [0.3, 0.4) is 0 Å². The Morgan fingerprint density at radius 3 is 2.23 bits per heavy atom. The third-order valence-corrected chi connectivity index (χ3v) is 6.80. The topological polar surface area (TPSA) is 75.7 Å². The van der Waals surface area contributed by atoms with Gasteiger partial charge in [0.15, 0.2) is 0 Å². The molecule has 0 saturated carbocycles. The van der Waals surface area contributed by atoms with Gasteiger partial charge >= 0.3 is 6.03 Å². The van der Waals surface area contributed by atoms with Crippen molar-refractivity contribution in [3.63, 3.8) is 0 Å². The fourth-order valence-electron chi connectivity index (χ4n) is 3.23. The fourth-order valence-corrected chi connectivity index (χ4v) is 5.01. The number of carbonyl (C=O) groups is 3. The van der Waals surface area contributed by atoms with Crippen molar-refractivity contribution in [2.45, 2.75) is 6.61 Å². The van der Waals surface area contributed by atoms with E-state index < -0.39 is 23.7 Å². The molecule has 1 aliphatic rings. The van der Waals surface area contributed by atoms with E-state index in [1.54, 1.807) is 30.3 Å². The molecule has 0 spiro atoms. The first kappa shape index (κ1) is 25.4. The van der Waals surface area contributed by atoms with Crippen LogP contribution in [0.25, 0.3) is 6.08 Å². The Morgan fingerprint density at radius 1 is 0.943 bits per heavy atom. The van der Waals surface area contributed by atoms with Gasteiger partial charge in [0.1, 0.15) is 23.7 Å². The molecule has 1 aliphatic heterocycles. The number of hydrogen-bond donors (Lipinski definition) is 1. The summed E-state index contributed by atoms with van der Waals surface area (Å²) in [7, 11) is 0. The van der Waals surface area contributed by atoms with Crippen LogP contribution in [0.2, 0.25) is 10.0 Å². The number of carbonyl (C=O) groups excluding carboxylic acids is 3. The first-order valence-electron chi connectivity index (χ1n) is 9.87. The molecule has 178 valence electrons. The molecule has 0 bridgehead atoms. The van der Waals surface area contributed by atoms with Crippen molar-refractivity contribution in [1.82, 2.24) is 5.32 Å². The lowest BCUT2D eigenvalue weighted by Gasteiger charge is -2.26. The summed E-state index contributed by atoms with van der Waals surface area (Å²) >= 11 is 18.9. The fraction of sp³-hybridized carbons (Fsp3) is 0.0417. The average molecular weight is 643 g/mol. The zero-order valence-electron chi connectivity index (χ0n) is 17.5. The predicted molar refractivity (Wildman–Crippen MR) is 138 cm³/mol. The summed E-state index contributed by atoms with van der Waals surface area (Å²) in [5.74, 6) is -1.72. The molecular weight excluding hydrogens is 630 g/mol. The van der Waals surface area contributed by atoms with Gasteiger partial charge < -0.3 is 4.74 Å². The van der Waals surface area contributed by atoms with Crippen LogP contribution in [0.5, 0.6) is 5.75 Å². The number of halogens is 5. The van der Waals surface area contributed by atoms with Crippen molar-refractivity contribution < 1.29 is 23.5 Å². The predicted octanol–water partition coefficient (Wildman–Crippen LogP) is 6.90. The van der Waals surface area contributed by atoms with Crippen LogP contribution in [0.15, 0.2) is 69.1 Å². The van der Waals surface area contributed by atoms with Gasteiger partial charge in [0.2, 0.25) is 0 Å². The highest BCUT2D eigenvalue weighted by Gasteiger charge is 2.36. The van der Waals surface area contributed by atoms with Gasteiger partial charge in [0.25, 0.3) is 11.8 Å². The molecule has 0 unspecified atom stereocenters. The van der Waals surface area contributed by atoms with Gasteiger partial charge in [-0.25, -0.2) is 14.1 Å². The minimum absolute atomic E-state index is 0.126. The number of imide groups is 2.